The summed E-state index contributed by atoms with van der Waals surface area (Å²) in [7, 11) is 1.54. The van der Waals surface area contributed by atoms with Crippen LogP contribution in [0.25, 0.3) is 0 Å². The number of carboxylic acids is 1. The van der Waals surface area contributed by atoms with Gasteiger partial charge in [-0.2, -0.15) is 5.26 Å². The van der Waals surface area contributed by atoms with Gasteiger partial charge in [0.1, 0.15) is 11.8 Å². The molecule has 20 heavy (non-hydrogen) atoms. The molecule has 0 bridgehead atoms. The molecule has 5 heteroatoms. The van der Waals surface area contributed by atoms with Crippen LogP contribution in [0.15, 0.2) is 18.2 Å². The Bertz CT molecular complexity index is 551. The van der Waals surface area contributed by atoms with Crippen LogP contribution >= 0.6 is 0 Å². The summed E-state index contributed by atoms with van der Waals surface area (Å²) in [5, 5.41) is 18.1. The summed E-state index contributed by atoms with van der Waals surface area (Å²) in [6.07, 6.45) is 0. The van der Waals surface area contributed by atoms with Crippen molar-refractivity contribution in [3.8, 4) is 11.8 Å². The van der Waals surface area contributed by atoms with Gasteiger partial charge in [0.15, 0.2) is 0 Å². The number of aliphatic carboxylic acids is 1. The van der Waals surface area contributed by atoms with E-state index in [1.54, 1.807) is 13.2 Å². The maximum absolute atomic E-state index is 11.1. The van der Waals surface area contributed by atoms with E-state index in [-0.39, 0.29) is 11.8 Å². The van der Waals surface area contributed by atoms with Gasteiger partial charge in [-0.3, -0.25) is 9.69 Å². The first-order valence-corrected chi connectivity index (χ1v) is 6.57. The van der Waals surface area contributed by atoms with Crippen molar-refractivity contribution in [2.24, 2.45) is 11.8 Å². The number of carboxylic acid groups (broad SMARTS) is 1. The number of methoxy groups -OCH3 is 1. The molecule has 0 amide bonds. The predicted octanol–water partition coefficient (Wildman–Crippen LogP) is 1.72. The van der Waals surface area contributed by atoms with Crippen LogP contribution in [0.5, 0.6) is 5.75 Å². The molecule has 2 unspecified atom stereocenters. The summed E-state index contributed by atoms with van der Waals surface area (Å²) in [6.45, 7) is 3.99. The molecule has 0 saturated carbocycles. The molecule has 0 spiro atoms. The molecule has 2 atom stereocenters. The number of nitriles is 1. The summed E-state index contributed by atoms with van der Waals surface area (Å²) in [5.74, 6) is -0.299. The number of benzene rings is 1. The number of likely N-dealkylation sites (tertiary alicyclic amines) is 1. The third-order valence-corrected chi connectivity index (χ3v) is 3.80. The Morgan fingerprint density at radius 1 is 1.55 bits per heavy atom. The van der Waals surface area contributed by atoms with Gasteiger partial charge in [-0.1, -0.05) is 13.0 Å². The summed E-state index contributed by atoms with van der Waals surface area (Å²) < 4.78 is 5.19. The molecule has 5 nitrogen and oxygen atoms in total. The molecular weight excluding hydrogens is 256 g/mol. The van der Waals surface area contributed by atoms with Gasteiger partial charge in [0.05, 0.1) is 18.6 Å². The predicted molar refractivity (Wildman–Crippen MR) is 73.3 cm³/mol. The second kappa shape index (κ2) is 5.93. The Labute approximate surface area is 118 Å². The van der Waals surface area contributed by atoms with Crippen LogP contribution in [-0.4, -0.2) is 36.2 Å². The Balaban J connectivity index is 2.08. The first-order valence-electron chi connectivity index (χ1n) is 6.57. The summed E-state index contributed by atoms with van der Waals surface area (Å²) in [5.41, 5.74) is 1.54. The smallest absolute Gasteiger partial charge is 0.308 e. The molecule has 1 aliphatic rings. The highest BCUT2D eigenvalue weighted by molar-refractivity contribution is 5.71. The van der Waals surface area contributed by atoms with Crippen molar-refractivity contribution in [2.75, 3.05) is 20.2 Å². The Kier molecular flexibility index (Phi) is 4.26. The number of nitrogens with zero attached hydrogens (tertiary/aromatic N) is 2. The molecule has 2 rings (SSSR count). The van der Waals surface area contributed by atoms with Gasteiger partial charge in [-0.05, 0) is 23.6 Å². The average molecular weight is 274 g/mol. The first-order chi connectivity index (χ1) is 9.55. The zero-order valence-corrected chi connectivity index (χ0v) is 11.7. The lowest BCUT2D eigenvalue weighted by Crippen LogP contribution is -2.23. The van der Waals surface area contributed by atoms with Crippen molar-refractivity contribution in [1.82, 2.24) is 4.90 Å². The molecule has 1 aliphatic heterocycles. The fourth-order valence-corrected chi connectivity index (χ4v) is 2.70. The normalized spacial score (nSPS) is 22.4. The molecule has 1 heterocycles. The zero-order valence-electron chi connectivity index (χ0n) is 11.7. The highest BCUT2D eigenvalue weighted by Gasteiger charge is 2.34. The molecule has 1 fully saturated rings. The van der Waals surface area contributed by atoms with Crippen LogP contribution in [0.1, 0.15) is 18.1 Å². The summed E-state index contributed by atoms with van der Waals surface area (Å²) in [6, 6.07) is 7.55. The number of ether oxygens (including phenoxy) is 1. The molecule has 1 saturated heterocycles. The van der Waals surface area contributed by atoms with Crippen LogP contribution in [0, 0.1) is 23.2 Å². The van der Waals surface area contributed by atoms with Gasteiger partial charge in [-0.25, -0.2) is 0 Å². The molecule has 1 aromatic rings. The molecule has 106 valence electrons. The lowest BCUT2D eigenvalue weighted by Gasteiger charge is -2.16. The molecule has 0 radical (unpaired) electrons. The highest BCUT2D eigenvalue weighted by Crippen LogP contribution is 2.26. The van der Waals surface area contributed by atoms with Crippen molar-refractivity contribution >= 4 is 5.97 Å². The van der Waals surface area contributed by atoms with Crippen LogP contribution in [-0.2, 0) is 11.3 Å². The van der Waals surface area contributed by atoms with Gasteiger partial charge in [-0.15, -0.1) is 0 Å². The molecule has 1 aromatic carbocycles. The van der Waals surface area contributed by atoms with E-state index < -0.39 is 5.97 Å². The third-order valence-electron chi connectivity index (χ3n) is 3.80. The topological polar surface area (TPSA) is 73.6 Å². The van der Waals surface area contributed by atoms with E-state index in [1.807, 2.05) is 19.1 Å². The first kappa shape index (κ1) is 14.4. The van der Waals surface area contributed by atoms with E-state index in [1.165, 1.54) is 0 Å². The minimum atomic E-state index is -0.725. The molecular formula is C15H18N2O3. The van der Waals surface area contributed by atoms with Gasteiger partial charge in [0.25, 0.3) is 0 Å². The molecule has 1 N–H and O–H groups in total. The van der Waals surface area contributed by atoms with E-state index in [9.17, 15) is 4.79 Å². The van der Waals surface area contributed by atoms with Crippen molar-refractivity contribution in [2.45, 2.75) is 13.5 Å². The standard InChI is InChI=1S/C15H18N2O3/c1-10-7-17(9-13(10)15(18)19)8-11-3-4-12(6-16)14(5-11)20-2/h3-5,10,13H,7-9H2,1-2H3,(H,18,19). The van der Waals surface area contributed by atoms with Crippen LogP contribution in [0.4, 0.5) is 0 Å². The third kappa shape index (κ3) is 2.91. The minimum Gasteiger partial charge on any atom is -0.495 e. The Morgan fingerprint density at radius 2 is 2.30 bits per heavy atom. The fraction of sp³-hybridized carbons (Fsp3) is 0.467. The summed E-state index contributed by atoms with van der Waals surface area (Å²) >= 11 is 0. The largest absolute Gasteiger partial charge is 0.495 e. The minimum absolute atomic E-state index is 0.160. The van der Waals surface area contributed by atoms with E-state index in [0.717, 1.165) is 12.1 Å². The Hall–Kier alpha value is -2.06. The molecule has 0 aliphatic carbocycles. The van der Waals surface area contributed by atoms with Crippen molar-refractivity contribution in [3.05, 3.63) is 29.3 Å². The summed E-state index contributed by atoms with van der Waals surface area (Å²) in [4.78, 5) is 13.2. The van der Waals surface area contributed by atoms with Crippen LogP contribution in [0.2, 0.25) is 0 Å². The van der Waals surface area contributed by atoms with Crippen LogP contribution in [0.3, 0.4) is 0 Å². The lowest BCUT2D eigenvalue weighted by atomic mass is 9.99. The quantitative estimate of drug-likeness (QED) is 0.905. The van der Waals surface area contributed by atoms with E-state index in [0.29, 0.717) is 24.4 Å². The SMILES string of the molecule is COc1cc(CN2CC(C)C(C(=O)O)C2)ccc1C#N. The average Bonchev–Trinajstić information content (AvgIpc) is 2.79. The van der Waals surface area contributed by atoms with Gasteiger partial charge in [0.2, 0.25) is 0 Å². The van der Waals surface area contributed by atoms with Gasteiger partial charge >= 0.3 is 5.97 Å². The van der Waals surface area contributed by atoms with Crippen molar-refractivity contribution in [1.29, 1.82) is 5.26 Å². The van der Waals surface area contributed by atoms with Gasteiger partial charge < -0.3 is 9.84 Å². The number of hydrogen-bond acceptors (Lipinski definition) is 4. The maximum Gasteiger partial charge on any atom is 0.308 e. The fourth-order valence-electron chi connectivity index (χ4n) is 2.70. The van der Waals surface area contributed by atoms with Gasteiger partial charge in [0, 0.05) is 19.6 Å². The monoisotopic (exact) mass is 274 g/mol. The highest BCUT2D eigenvalue weighted by atomic mass is 16.5. The van der Waals surface area contributed by atoms with Crippen molar-refractivity contribution < 1.29 is 14.6 Å². The lowest BCUT2D eigenvalue weighted by molar-refractivity contribution is -0.142. The Morgan fingerprint density at radius 3 is 2.85 bits per heavy atom. The second-order valence-corrected chi connectivity index (χ2v) is 5.26. The van der Waals surface area contributed by atoms with Crippen LogP contribution < -0.4 is 4.74 Å². The zero-order chi connectivity index (χ0) is 14.7. The van der Waals surface area contributed by atoms with E-state index in [2.05, 4.69) is 11.0 Å². The number of hydrogen-bond donors (Lipinski definition) is 1. The number of rotatable bonds is 4. The maximum atomic E-state index is 11.1. The second-order valence-electron chi connectivity index (χ2n) is 5.26. The van der Waals surface area contributed by atoms with E-state index in [4.69, 9.17) is 15.1 Å². The molecule has 0 aromatic heterocycles. The number of carbonyl (C=O) groups is 1. The van der Waals surface area contributed by atoms with Crippen molar-refractivity contribution in [3.63, 3.8) is 0 Å². The van der Waals surface area contributed by atoms with E-state index >= 15 is 0 Å².